The molecule has 6 heteroatoms. The zero-order valence-electron chi connectivity index (χ0n) is 15.0. The van der Waals surface area contributed by atoms with Crippen LogP contribution in [0, 0.1) is 11.3 Å². The summed E-state index contributed by atoms with van der Waals surface area (Å²) in [5, 5.41) is 4.06. The van der Waals surface area contributed by atoms with Crippen molar-refractivity contribution in [3.05, 3.63) is 34.9 Å². The highest BCUT2D eigenvalue weighted by molar-refractivity contribution is 6.30. The van der Waals surface area contributed by atoms with Gasteiger partial charge in [-0.05, 0) is 55.5 Å². The van der Waals surface area contributed by atoms with E-state index in [2.05, 4.69) is 5.32 Å². The van der Waals surface area contributed by atoms with Crippen molar-refractivity contribution in [3.8, 4) is 0 Å². The van der Waals surface area contributed by atoms with Gasteiger partial charge < -0.3 is 15.1 Å². The average molecular weight is 376 g/mol. The Labute approximate surface area is 159 Å². The lowest BCUT2D eigenvalue weighted by atomic mass is 9.91. The third kappa shape index (κ3) is 3.60. The molecule has 2 aliphatic heterocycles. The van der Waals surface area contributed by atoms with Gasteiger partial charge in [0.15, 0.2) is 0 Å². The van der Waals surface area contributed by atoms with Crippen LogP contribution in [0.4, 0.5) is 0 Å². The van der Waals surface area contributed by atoms with Gasteiger partial charge in [0.1, 0.15) is 0 Å². The Bertz CT molecular complexity index is 677. The summed E-state index contributed by atoms with van der Waals surface area (Å²) in [5.41, 5.74) is 1.26. The zero-order valence-corrected chi connectivity index (χ0v) is 15.8. The molecule has 0 aromatic heterocycles. The number of carbonyl (C=O) groups excluding carboxylic acids is 2. The van der Waals surface area contributed by atoms with Gasteiger partial charge in [0.05, 0.1) is 6.42 Å². The first-order valence-electron chi connectivity index (χ1n) is 9.59. The van der Waals surface area contributed by atoms with Gasteiger partial charge in [-0.25, -0.2) is 0 Å². The topological polar surface area (TPSA) is 52.7 Å². The van der Waals surface area contributed by atoms with Crippen LogP contribution in [-0.4, -0.2) is 60.9 Å². The van der Waals surface area contributed by atoms with E-state index in [-0.39, 0.29) is 17.2 Å². The first kappa shape index (κ1) is 17.8. The van der Waals surface area contributed by atoms with Crippen molar-refractivity contribution in [2.24, 2.45) is 11.3 Å². The van der Waals surface area contributed by atoms with E-state index < -0.39 is 0 Å². The standard InChI is InChI=1S/C20H26ClN3O2/c21-16-3-1-15(2-4-16)13-18(25)23-9-11-24(12-10-23)19(26)17-14-20(17)5-7-22-8-6-20/h1-4,17,22H,5-14H2. The quantitative estimate of drug-likeness (QED) is 0.878. The number of amides is 2. The first-order chi connectivity index (χ1) is 12.6. The van der Waals surface area contributed by atoms with Crippen molar-refractivity contribution in [2.75, 3.05) is 39.3 Å². The Morgan fingerprint density at radius 2 is 1.65 bits per heavy atom. The van der Waals surface area contributed by atoms with Crippen molar-refractivity contribution in [3.63, 3.8) is 0 Å². The lowest BCUT2D eigenvalue weighted by Crippen LogP contribution is -2.51. The fourth-order valence-corrected chi connectivity index (χ4v) is 4.59. The number of piperidine rings is 1. The van der Waals surface area contributed by atoms with Gasteiger partial charge in [0, 0.05) is 37.1 Å². The molecule has 1 aliphatic carbocycles. The number of hydrogen-bond acceptors (Lipinski definition) is 3. The molecule has 2 heterocycles. The summed E-state index contributed by atoms with van der Waals surface area (Å²) < 4.78 is 0. The van der Waals surface area contributed by atoms with Crippen LogP contribution in [0.2, 0.25) is 5.02 Å². The van der Waals surface area contributed by atoms with Gasteiger partial charge in [0.2, 0.25) is 11.8 Å². The summed E-state index contributed by atoms with van der Waals surface area (Å²) in [6.07, 6.45) is 3.71. The molecule has 26 heavy (non-hydrogen) atoms. The summed E-state index contributed by atoms with van der Waals surface area (Å²) in [6, 6.07) is 7.41. The second-order valence-electron chi connectivity index (χ2n) is 7.88. The van der Waals surface area contributed by atoms with Crippen molar-refractivity contribution in [1.29, 1.82) is 0 Å². The minimum Gasteiger partial charge on any atom is -0.339 e. The minimum absolute atomic E-state index is 0.126. The molecule has 1 unspecified atom stereocenters. The molecule has 1 saturated carbocycles. The van der Waals surface area contributed by atoms with E-state index >= 15 is 0 Å². The van der Waals surface area contributed by atoms with E-state index in [1.807, 2.05) is 34.1 Å². The van der Waals surface area contributed by atoms with Gasteiger partial charge in [0.25, 0.3) is 0 Å². The van der Waals surface area contributed by atoms with Crippen LogP contribution in [0.1, 0.15) is 24.8 Å². The minimum atomic E-state index is 0.126. The van der Waals surface area contributed by atoms with E-state index in [4.69, 9.17) is 11.6 Å². The number of rotatable bonds is 3. The molecule has 1 atom stereocenters. The summed E-state index contributed by atoms with van der Waals surface area (Å²) >= 11 is 5.89. The number of nitrogens with one attached hydrogen (secondary N) is 1. The maximum atomic E-state index is 12.8. The summed E-state index contributed by atoms with van der Waals surface area (Å²) in [4.78, 5) is 29.2. The Kier molecular flexibility index (Phi) is 4.93. The number of benzene rings is 1. The lowest BCUT2D eigenvalue weighted by Gasteiger charge is -2.35. The summed E-state index contributed by atoms with van der Waals surface area (Å²) in [6.45, 7) is 4.68. The fraction of sp³-hybridized carbons (Fsp3) is 0.600. The predicted molar refractivity (Wildman–Crippen MR) is 101 cm³/mol. The molecular formula is C20H26ClN3O2. The molecule has 140 valence electrons. The van der Waals surface area contributed by atoms with E-state index in [1.165, 1.54) is 0 Å². The SMILES string of the molecule is O=C(Cc1ccc(Cl)cc1)N1CCN(C(=O)C2CC23CCNCC3)CC1. The van der Waals surface area contributed by atoms with E-state index in [0.29, 0.717) is 43.5 Å². The molecule has 1 N–H and O–H groups in total. The molecule has 0 radical (unpaired) electrons. The largest absolute Gasteiger partial charge is 0.339 e. The molecule has 1 aromatic carbocycles. The normalized spacial score (nSPS) is 24.6. The van der Waals surface area contributed by atoms with Crippen molar-refractivity contribution in [1.82, 2.24) is 15.1 Å². The van der Waals surface area contributed by atoms with Gasteiger partial charge in [-0.3, -0.25) is 9.59 Å². The second-order valence-corrected chi connectivity index (χ2v) is 8.31. The van der Waals surface area contributed by atoms with Crippen LogP contribution in [0.15, 0.2) is 24.3 Å². The van der Waals surface area contributed by atoms with Crippen LogP contribution in [0.5, 0.6) is 0 Å². The zero-order chi connectivity index (χ0) is 18.1. The van der Waals surface area contributed by atoms with Gasteiger partial charge in [-0.15, -0.1) is 0 Å². The molecule has 3 aliphatic rings. The average Bonchev–Trinajstić information content (AvgIpc) is 3.36. The highest BCUT2D eigenvalue weighted by Gasteiger charge is 2.58. The van der Waals surface area contributed by atoms with Gasteiger partial charge >= 0.3 is 0 Å². The summed E-state index contributed by atoms with van der Waals surface area (Å²) in [5.74, 6) is 0.665. The molecule has 4 rings (SSSR count). The number of halogens is 1. The van der Waals surface area contributed by atoms with E-state index in [9.17, 15) is 9.59 Å². The maximum Gasteiger partial charge on any atom is 0.227 e. The third-order valence-electron chi connectivity index (χ3n) is 6.30. The van der Waals surface area contributed by atoms with Crippen LogP contribution in [-0.2, 0) is 16.0 Å². The Morgan fingerprint density at radius 1 is 1.04 bits per heavy atom. The van der Waals surface area contributed by atoms with Crippen LogP contribution in [0.25, 0.3) is 0 Å². The molecule has 5 nitrogen and oxygen atoms in total. The maximum absolute atomic E-state index is 12.8. The molecule has 1 aromatic rings. The van der Waals surface area contributed by atoms with Crippen molar-refractivity contribution in [2.45, 2.75) is 25.7 Å². The Balaban J connectivity index is 1.27. The van der Waals surface area contributed by atoms with Gasteiger partial charge in [-0.2, -0.15) is 0 Å². The van der Waals surface area contributed by atoms with Crippen LogP contribution in [0.3, 0.4) is 0 Å². The number of carbonyl (C=O) groups is 2. The lowest BCUT2D eigenvalue weighted by molar-refractivity contribution is -0.140. The van der Waals surface area contributed by atoms with E-state index in [1.54, 1.807) is 0 Å². The smallest absolute Gasteiger partial charge is 0.227 e. The number of hydrogen-bond donors (Lipinski definition) is 1. The molecular weight excluding hydrogens is 350 g/mol. The van der Waals surface area contributed by atoms with Crippen molar-refractivity contribution < 1.29 is 9.59 Å². The van der Waals surface area contributed by atoms with Gasteiger partial charge in [-0.1, -0.05) is 23.7 Å². The van der Waals surface area contributed by atoms with E-state index in [0.717, 1.165) is 37.9 Å². The number of nitrogens with zero attached hydrogens (tertiary/aromatic N) is 2. The molecule has 1 spiro atoms. The molecule has 0 bridgehead atoms. The number of piperazine rings is 1. The second kappa shape index (κ2) is 7.20. The highest BCUT2D eigenvalue weighted by Crippen LogP contribution is 2.59. The Hall–Kier alpha value is -1.59. The molecule has 2 amide bonds. The third-order valence-corrected chi connectivity index (χ3v) is 6.55. The fourth-order valence-electron chi connectivity index (χ4n) is 4.46. The summed E-state index contributed by atoms with van der Waals surface area (Å²) in [7, 11) is 0. The molecule has 2 saturated heterocycles. The highest BCUT2D eigenvalue weighted by atomic mass is 35.5. The Morgan fingerprint density at radius 3 is 2.31 bits per heavy atom. The predicted octanol–water partition coefficient (Wildman–Crippen LogP) is 1.94. The molecule has 3 fully saturated rings. The van der Waals surface area contributed by atoms with Crippen LogP contribution < -0.4 is 5.32 Å². The first-order valence-corrected chi connectivity index (χ1v) is 9.97. The van der Waals surface area contributed by atoms with Crippen molar-refractivity contribution >= 4 is 23.4 Å². The van der Waals surface area contributed by atoms with Crippen LogP contribution >= 0.6 is 11.6 Å². The monoisotopic (exact) mass is 375 g/mol.